The number of nitrogens with one attached hydrogen (secondary N) is 1. The zero-order valence-electron chi connectivity index (χ0n) is 21.6. The minimum absolute atomic E-state index is 0.0626. The number of pyridine rings is 1. The molecule has 192 valence electrons. The van der Waals surface area contributed by atoms with Gasteiger partial charge in [0.15, 0.2) is 0 Å². The molecule has 2 aromatic carbocycles. The van der Waals surface area contributed by atoms with E-state index in [2.05, 4.69) is 28.2 Å². The fraction of sp³-hybridized carbons (Fsp3) is 0.300. The van der Waals surface area contributed by atoms with Gasteiger partial charge in [-0.2, -0.15) is 0 Å². The van der Waals surface area contributed by atoms with Crippen LogP contribution in [0.4, 0.5) is 0 Å². The van der Waals surface area contributed by atoms with E-state index in [1.807, 2.05) is 85.6 Å². The van der Waals surface area contributed by atoms with E-state index in [0.717, 1.165) is 28.6 Å². The quantitative estimate of drug-likeness (QED) is 0.258. The average Bonchev–Trinajstić information content (AvgIpc) is 2.90. The molecule has 0 bridgehead atoms. The molecular formula is C30H33BrN4O2. The summed E-state index contributed by atoms with van der Waals surface area (Å²) in [6.07, 6.45) is 3.66. The van der Waals surface area contributed by atoms with Crippen molar-refractivity contribution < 1.29 is 4.79 Å². The van der Waals surface area contributed by atoms with Gasteiger partial charge in [-0.05, 0) is 80.9 Å². The summed E-state index contributed by atoms with van der Waals surface area (Å²) in [5.74, 6) is -0.0626. The molecule has 4 aromatic rings. The highest BCUT2D eigenvalue weighted by molar-refractivity contribution is 9.10. The largest absolute Gasteiger partial charge is 0.330 e. The van der Waals surface area contributed by atoms with Gasteiger partial charge in [0.05, 0.1) is 11.7 Å². The number of benzene rings is 2. The topological polar surface area (TPSA) is 66.7 Å². The van der Waals surface area contributed by atoms with E-state index in [4.69, 9.17) is 4.98 Å². The Balaban J connectivity index is 1.87. The highest BCUT2D eigenvalue weighted by Gasteiger charge is 2.29. The van der Waals surface area contributed by atoms with Crippen LogP contribution < -0.4 is 10.9 Å². The Morgan fingerprint density at radius 1 is 1.11 bits per heavy atom. The maximum absolute atomic E-state index is 13.9. The van der Waals surface area contributed by atoms with E-state index in [1.54, 1.807) is 10.6 Å². The van der Waals surface area contributed by atoms with Crippen LogP contribution in [0, 0.1) is 6.92 Å². The van der Waals surface area contributed by atoms with Gasteiger partial charge in [0.1, 0.15) is 5.65 Å². The summed E-state index contributed by atoms with van der Waals surface area (Å²) in [5, 5.41) is 3.18. The van der Waals surface area contributed by atoms with Crippen LogP contribution in [0.25, 0.3) is 5.65 Å². The second-order valence-electron chi connectivity index (χ2n) is 9.26. The molecule has 0 fully saturated rings. The first-order valence-electron chi connectivity index (χ1n) is 12.7. The summed E-state index contributed by atoms with van der Waals surface area (Å²) in [6.45, 7) is 5.37. The minimum Gasteiger partial charge on any atom is -0.330 e. The summed E-state index contributed by atoms with van der Waals surface area (Å²) in [4.78, 5) is 34.7. The maximum atomic E-state index is 13.9. The number of carbonyl (C=O) groups excluding carboxylic acids is 1. The fourth-order valence-electron chi connectivity index (χ4n) is 4.68. The van der Waals surface area contributed by atoms with Crippen LogP contribution in [0.5, 0.6) is 0 Å². The lowest BCUT2D eigenvalue weighted by Crippen LogP contribution is -2.38. The lowest BCUT2D eigenvalue weighted by atomic mass is 9.97. The molecule has 1 atom stereocenters. The van der Waals surface area contributed by atoms with Gasteiger partial charge in [-0.25, -0.2) is 4.98 Å². The summed E-state index contributed by atoms with van der Waals surface area (Å²) in [5.41, 5.74) is 4.49. The Labute approximate surface area is 226 Å². The fourth-order valence-corrected chi connectivity index (χ4v) is 4.94. The predicted molar refractivity (Wildman–Crippen MR) is 152 cm³/mol. The predicted octanol–water partition coefficient (Wildman–Crippen LogP) is 5.56. The van der Waals surface area contributed by atoms with Gasteiger partial charge in [0.2, 0.25) is 0 Å². The SMILES string of the molecule is CCC(c1nc2cc(C)ccn2c(=O)c1Cc1ccccc1)N(CCCNC)C(=O)c1ccc(Br)cc1. The van der Waals surface area contributed by atoms with Crippen LogP contribution in [0.3, 0.4) is 0 Å². The van der Waals surface area contributed by atoms with Crippen LogP contribution in [-0.2, 0) is 6.42 Å². The Hall–Kier alpha value is -3.29. The van der Waals surface area contributed by atoms with Gasteiger partial charge in [0, 0.05) is 34.8 Å². The van der Waals surface area contributed by atoms with Crippen molar-refractivity contribution in [2.75, 3.05) is 20.1 Å². The molecule has 0 saturated heterocycles. The standard InChI is InChI=1S/C30H33BrN4O2/c1-4-26(34(17-8-16-32-3)29(36)23-11-13-24(31)14-12-23)28-25(20-22-9-6-5-7-10-22)30(37)35-18-15-21(2)19-27(35)33-28/h5-7,9-15,18-19,26,32H,4,8,16-17,20H2,1-3H3. The van der Waals surface area contributed by atoms with E-state index < -0.39 is 0 Å². The number of carbonyl (C=O) groups is 1. The van der Waals surface area contributed by atoms with E-state index in [9.17, 15) is 9.59 Å². The van der Waals surface area contributed by atoms with Crippen LogP contribution >= 0.6 is 15.9 Å². The van der Waals surface area contributed by atoms with Crippen LogP contribution in [0.1, 0.15) is 58.5 Å². The van der Waals surface area contributed by atoms with Crippen molar-refractivity contribution in [3.05, 3.63) is 116 Å². The van der Waals surface area contributed by atoms with Gasteiger partial charge in [-0.15, -0.1) is 0 Å². The Kier molecular flexibility index (Phi) is 8.90. The number of aryl methyl sites for hydroxylation is 1. The van der Waals surface area contributed by atoms with E-state index in [0.29, 0.717) is 41.9 Å². The average molecular weight is 562 g/mol. The first-order chi connectivity index (χ1) is 17.9. The summed E-state index contributed by atoms with van der Waals surface area (Å²) in [6, 6.07) is 20.9. The van der Waals surface area contributed by atoms with Gasteiger partial charge in [-0.3, -0.25) is 14.0 Å². The molecule has 6 nitrogen and oxygen atoms in total. The zero-order chi connectivity index (χ0) is 26.4. The van der Waals surface area contributed by atoms with Crippen molar-refractivity contribution in [3.8, 4) is 0 Å². The van der Waals surface area contributed by atoms with Crippen molar-refractivity contribution in [3.63, 3.8) is 0 Å². The third-order valence-electron chi connectivity index (χ3n) is 6.59. The second-order valence-corrected chi connectivity index (χ2v) is 10.2. The number of halogens is 1. The highest BCUT2D eigenvalue weighted by atomic mass is 79.9. The molecule has 0 saturated carbocycles. The van der Waals surface area contributed by atoms with Crippen molar-refractivity contribution in [1.82, 2.24) is 19.6 Å². The number of fused-ring (bicyclic) bond motifs is 1. The molecule has 7 heteroatoms. The molecule has 1 unspecified atom stereocenters. The number of amides is 1. The monoisotopic (exact) mass is 560 g/mol. The van der Waals surface area contributed by atoms with E-state index in [1.165, 1.54) is 0 Å². The lowest BCUT2D eigenvalue weighted by molar-refractivity contribution is 0.0663. The van der Waals surface area contributed by atoms with Gasteiger partial charge < -0.3 is 10.2 Å². The van der Waals surface area contributed by atoms with Gasteiger partial charge in [0.25, 0.3) is 11.5 Å². The van der Waals surface area contributed by atoms with Crippen LogP contribution in [0.15, 0.2) is 82.2 Å². The van der Waals surface area contributed by atoms with Gasteiger partial charge in [-0.1, -0.05) is 53.2 Å². The Morgan fingerprint density at radius 2 is 1.84 bits per heavy atom. The zero-order valence-corrected chi connectivity index (χ0v) is 23.2. The first-order valence-corrected chi connectivity index (χ1v) is 13.5. The van der Waals surface area contributed by atoms with E-state index in [-0.39, 0.29) is 17.5 Å². The molecule has 4 rings (SSSR count). The highest BCUT2D eigenvalue weighted by Crippen LogP contribution is 2.29. The molecule has 37 heavy (non-hydrogen) atoms. The molecule has 1 N–H and O–H groups in total. The molecular weight excluding hydrogens is 528 g/mol. The smallest absolute Gasteiger partial charge is 0.261 e. The van der Waals surface area contributed by atoms with Crippen molar-refractivity contribution >= 4 is 27.5 Å². The Bertz CT molecular complexity index is 1420. The van der Waals surface area contributed by atoms with Crippen molar-refractivity contribution in [2.45, 2.75) is 39.2 Å². The summed E-state index contributed by atoms with van der Waals surface area (Å²) >= 11 is 3.46. The molecule has 0 aliphatic rings. The second kappa shape index (κ2) is 12.3. The molecule has 1 amide bonds. The summed E-state index contributed by atoms with van der Waals surface area (Å²) < 4.78 is 2.53. The molecule has 0 aliphatic carbocycles. The molecule has 2 heterocycles. The number of nitrogens with zero attached hydrogens (tertiary/aromatic N) is 3. The number of hydrogen-bond donors (Lipinski definition) is 1. The summed E-state index contributed by atoms with van der Waals surface area (Å²) in [7, 11) is 1.91. The van der Waals surface area contributed by atoms with Gasteiger partial charge >= 0.3 is 0 Å². The van der Waals surface area contributed by atoms with Crippen LogP contribution in [0.2, 0.25) is 0 Å². The number of rotatable bonds is 10. The third kappa shape index (κ3) is 6.17. The Morgan fingerprint density at radius 3 is 2.51 bits per heavy atom. The lowest BCUT2D eigenvalue weighted by Gasteiger charge is -2.32. The molecule has 2 aromatic heterocycles. The van der Waals surface area contributed by atoms with Crippen molar-refractivity contribution in [1.29, 1.82) is 0 Å². The van der Waals surface area contributed by atoms with Crippen molar-refractivity contribution in [2.24, 2.45) is 0 Å². The first kappa shape index (κ1) is 26.8. The molecule has 0 spiro atoms. The molecule has 0 aliphatic heterocycles. The minimum atomic E-state index is -0.343. The normalized spacial score (nSPS) is 12.0. The number of hydrogen-bond acceptors (Lipinski definition) is 4. The third-order valence-corrected chi connectivity index (χ3v) is 7.12. The van der Waals surface area contributed by atoms with Crippen LogP contribution in [-0.4, -0.2) is 40.3 Å². The number of aromatic nitrogens is 2. The molecule has 0 radical (unpaired) electrons. The van der Waals surface area contributed by atoms with E-state index >= 15 is 0 Å². The maximum Gasteiger partial charge on any atom is 0.261 e.